The number of nitrogens with zero attached hydrogens (tertiary/aromatic N) is 2. The lowest BCUT2D eigenvalue weighted by Gasteiger charge is -2.05. The lowest BCUT2D eigenvalue weighted by molar-refractivity contribution is -0.384. The summed E-state index contributed by atoms with van der Waals surface area (Å²) in [4.78, 5) is 10.1. The second-order valence-corrected chi connectivity index (χ2v) is 4.12. The second kappa shape index (κ2) is 5.30. The molecule has 1 N–H and O–H groups in total. The second-order valence-electron chi connectivity index (χ2n) is 4.12. The fourth-order valence-corrected chi connectivity index (χ4v) is 1.73. The summed E-state index contributed by atoms with van der Waals surface area (Å²) >= 11 is 0. The standard InChI is InChI=1S/C14H12N2O3/c1-10-2-4-11(5-3-10)14(15-17)12-6-8-13(9-7-12)16(18)19/h2-9,17H,1H3. The van der Waals surface area contributed by atoms with Gasteiger partial charge in [-0.25, -0.2) is 0 Å². The molecule has 96 valence electrons. The van der Waals surface area contributed by atoms with Crippen LogP contribution in [0, 0.1) is 17.0 Å². The molecule has 5 heteroatoms. The summed E-state index contributed by atoms with van der Waals surface area (Å²) in [6.07, 6.45) is 0. The number of benzene rings is 2. The fourth-order valence-electron chi connectivity index (χ4n) is 1.73. The highest BCUT2D eigenvalue weighted by Gasteiger charge is 2.10. The van der Waals surface area contributed by atoms with Gasteiger partial charge >= 0.3 is 0 Å². The molecule has 0 heterocycles. The molecule has 2 rings (SSSR count). The van der Waals surface area contributed by atoms with Gasteiger partial charge in [0.2, 0.25) is 0 Å². The first kappa shape index (κ1) is 12.8. The van der Waals surface area contributed by atoms with Crippen LogP contribution in [-0.2, 0) is 0 Å². The van der Waals surface area contributed by atoms with Crippen LogP contribution in [0.4, 0.5) is 5.69 Å². The molecule has 0 aromatic heterocycles. The van der Waals surface area contributed by atoms with Crippen molar-refractivity contribution in [3.63, 3.8) is 0 Å². The minimum absolute atomic E-state index is 0.00458. The van der Waals surface area contributed by atoms with Crippen molar-refractivity contribution in [1.82, 2.24) is 0 Å². The van der Waals surface area contributed by atoms with Crippen LogP contribution in [0.5, 0.6) is 0 Å². The first-order chi connectivity index (χ1) is 9.11. The maximum Gasteiger partial charge on any atom is 0.269 e. The molecule has 0 spiro atoms. The summed E-state index contributed by atoms with van der Waals surface area (Å²) in [5, 5.41) is 23.0. The largest absolute Gasteiger partial charge is 0.410 e. The third kappa shape index (κ3) is 2.77. The van der Waals surface area contributed by atoms with Gasteiger partial charge in [0, 0.05) is 23.3 Å². The third-order valence-corrected chi connectivity index (χ3v) is 2.78. The molecule has 0 aliphatic carbocycles. The van der Waals surface area contributed by atoms with Gasteiger partial charge in [-0.1, -0.05) is 35.0 Å². The Labute approximate surface area is 110 Å². The maximum absolute atomic E-state index is 10.6. The molecule has 0 aliphatic rings. The number of hydrogen-bond acceptors (Lipinski definition) is 4. The van der Waals surface area contributed by atoms with Crippen molar-refractivity contribution in [1.29, 1.82) is 0 Å². The number of nitro benzene ring substituents is 1. The summed E-state index contributed by atoms with van der Waals surface area (Å²) in [7, 11) is 0. The van der Waals surface area contributed by atoms with Crippen molar-refractivity contribution in [3.05, 3.63) is 75.3 Å². The first-order valence-corrected chi connectivity index (χ1v) is 5.66. The normalized spacial score (nSPS) is 11.3. The Kier molecular flexibility index (Phi) is 3.56. The number of rotatable bonds is 3. The molecular formula is C14H12N2O3. The fraction of sp³-hybridized carbons (Fsp3) is 0.0714. The zero-order valence-corrected chi connectivity index (χ0v) is 10.3. The number of aryl methyl sites for hydroxylation is 1. The van der Waals surface area contributed by atoms with Crippen LogP contribution in [0.3, 0.4) is 0 Å². The third-order valence-electron chi connectivity index (χ3n) is 2.78. The van der Waals surface area contributed by atoms with E-state index < -0.39 is 4.92 Å². The van der Waals surface area contributed by atoms with Crippen molar-refractivity contribution in [2.45, 2.75) is 6.92 Å². The Bertz CT molecular complexity index is 616. The maximum atomic E-state index is 10.6. The van der Waals surface area contributed by atoms with Crippen LogP contribution >= 0.6 is 0 Å². The Morgan fingerprint density at radius 1 is 1.05 bits per heavy atom. The van der Waals surface area contributed by atoms with E-state index in [0.717, 1.165) is 11.1 Å². The van der Waals surface area contributed by atoms with Gasteiger partial charge in [-0.2, -0.15) is 0 Å². The van der Waals surface area contributed by atoms with Crippen molar-refractivity contribution < 1.29 is 10.1 Å². The molecule has 0 atom stereocenters. The van der Waals surface area contributed by atoms with E-state index in [1.54, 1.807) is 12.1 Å². The molecule has 0 unspecified atom stereocenters. The van der Waals surface area contributed by atoms with Crippen molar-refractivity contribution in [2.24, 2.45) is 5.16 Å². The van der Waals surface area contributed by atoms with E-state index in [4.69, 9.17) is 5.21 Å². The van der Waals surface area contributed by atoms with Crippen molar-refractivity contribution >= 4 is 11.4 Å². The SMILES string of the molecule is Cc1ccc(C(=NO)c2ccc([N+](=O)[O-])cc2)cc1. The summed E-state index contributed by atoms with van der Waals surface area (Å²) in [5.41, 5.74) is 2.86. The van der Waals surface area contributed by atoms with E-state index in [2.05, 4.69) is 5.16 Å². The van der Waals surface area contributed by atoms with E-state index in [0.29, 0.717) is 11.3 Å². The summed E-state index contributed by atoms with van der Waals surface area (Å²) in [6, 6.07) is 13.4. The van der Waals surface area contributed by atoms with Gasteiger partial charge in [0.1, 0.15) is 5.71 Å². The number of hydrogen-bond donors (Lipinski definition) is 1. The first-order valence-electron chi connectivity index (χ1n) is 5.66. The van der Waals surface area contributed by atoms with Crippen molar-refractivity contribution in [2.75, 3.05) is 0 Å². The number of oxime groups is 1. The quantitative estimate of drug-likeness (QED) is 0.396. The highest BCUT2D eigenvalue weighted by Crippen LogP contribution is 2.16. The van der Waals surface area contributed by atoms with Gasteiger partial charge in [-0.05, 0) is 19.1 Å². The summed E-state index contributed by atoms with van der Waals surface area (Å²) in [6.45, 7) is 1.96. The highest BCUT2D eigenvalue weighted by atomic mass is 16.6. The predicted molar refractivity (Wildman–Crippen MR) is 71.7 cm³/mol. The van der Waals surface area contributed by atoms with Gasteiger partial charge in [-0.3, -0.25) is 10.1 Å². The Morgan fingerprint density at radius 2 is 1.53 bits per heavy atom. The lowest BCUT2D eigenvalue weighted by atomic mass is 10.0. The van der Waals surface area contributed by atoms with E-state index in [1.807, 2.05) is 31.2 Å². The van der Waals surface area contributed by atoms with E-state index in [-0.39, 0.29) is 5.69 Å². The molecule has 0 saturated carbocycles. The average Bonchev–Trinajstić information content (AvgIpc) is 2.42. The molecule has 2 aromatic rings. The zero-order valence-electron chi connectivity index (χ0n) is 10.3. The topological polar surface area (TPSA) is 75.7 Å². The van der Waals surface area contributed by atoms with Crippen LogP contribution < -0.4 is 0 Å². The summed E-state index contributed by atoms with van der Waals surface area (Å²) in [5.74, 6) is 0. The van der Waals surface area contributed by atoms with Gasteiger partial charge in [0.05, 0.1) is 4.92 Å². The van der Waals surface area contributed by atoms with Gasteiger partial charge < -0.3 is 5.21 Å². The highest BCUT2D eigenvalue weighted by molar-refractivity contribution is 6.12. The van der Waals surface area contributed by atoms with Gasteiger partial charge in [0.25, 0.3) is 5.69 Å². The van der Waals surface area contributed by atoms with Crippen LogP contribution in [0.25, 0.3) is 0 Å². The average molecular weight is 256 g/mol. The monoisotopic (exact) mass is 256 g/mol. The van der Waals surface area contributed by atoms with Crippen molar-refractivity contribution in [3.8, 4) is 0 Å². The Hall–Kier alpha value is -2.69. The number of non-ortho nitro benzene ring substituents is 1. The molecule has 0 bridgehead atoms. The van der Waals surface area contributed by atoms with Crippen LogP contribution in [0.15, 0.2) is 53.7 Å². The van der Waals surface area contributed by atoms with Crippen LogP contribution in [-0.4, -0.2) is 15.8 Å². The van der Waals surface area contributed by atoms with E-state index >= 15 is 0 Å². The zero-order chi connectivity index (χ0) is 13.8. The van der Waals surface area contributed by atoms with Gasteiger partial charge in [0.15, 0.2) is 0 Å². The predicted octanol–water partition coefficient (Wildman–Crippen LogP) is 3.13. The van der Waals surface area contributed by atoms with E-state index in [1.165, 1.54) is 12.1 Å². The van der Waals surface area contributed by atoms with Crippen LogP contribution in [0.2, 0.25) is 0 Å². The number of nitro groups is 1. The molecule has 0 radical (unpaired) electrons. The summed E-state index contributed by atoms with van der Waals surface area (Å²) < 4.78 is 0. The van der Waals surface area contributed by atoms with E-state index in [9.17, 15) is 10.1 Å². The smallest absolute Gasteiger partial charge is 0.269 e. The molecule has 0 fully saturated rings. The molecule has 0 aliphatic heterocycles. The molecule has 2 aromatic carbocycles. The molecule has 5 nitrogen and oxygen atoms in total. The van der Waals surface area contributed by atoms with Crippen LogP contribution in [0.1, 0.15) is 16.7 Å². The Balaban J connectivity index is 2.37. The molecular weight excluding hydrogens is 244 g/mol. The lowest BCUT2D eigenvalue weighted by Crippen LogP contribution is -2.03. The minimum Gasteiger partial charge on any atom is -0.410 e. The van der Waals surface area contributed by atoms with Gasteiger partial charge in [-0.15, -0.1) is 0 Å². The minimum atomic E-state index is -0.467. The molecule has 19 heavy (non-hydrogen) atoms. The Morgan fingerprint density at radius 3 is 1.95 bits per heavy atom. The molecule has 0 amide bonds. The molecule has 0 saturated heterocycles.